The molecule has 1 amide bonds. The van der Waals surface area contributed by atoms with E-state index in [0.717, 1.165) is 32.6 Å². The molecule has 2 aliphatic heterocycles. The Labute approximate surface area is 102 Å². The predicted molar refractivity (Wildman–Crippen MR) is 63.8 cm³/mol. The third-order valence-electron chi connectivity index (χ3n) is 3.72. The van der Waals surface area contributed by atoms with Gasteiger partial charge in [0.15, 0.2) is 5.60 Å². The van der Waals surface area contributed by atoms with Crippen LogP contribution in [0.15, 0.2) is 0 Å². The number of hydrogen-bond acceptors (Lipinski definition) is 4. The Morgan fingerprint density at radius 3 is 2.71 bits per heavy atom. The van der Waals surface area contributed by atoms with Gasteiger partial charge in [-0.2, -0.15) is 0 Å². The zero-order valence-electron chi connectivity index (χ0n) is 10.7. The van der Waals surface area contributed by atoms with Gasteiger partial charge >= 0.3 is 0 Å². The summed E-state index contributed by atoms with van der Waals surface area (Å²) in [6.45, 7) is 5.75. The van der Waals surface area contributed by atoms with Gasteiger partial charge in [-0.3, -0.25) is 9.69 Å². The molecule has 0 saturated carbocycles. The molecule has 0 aromatic rings. The van der Waals surface area contributed by atoms with Gasteiger partial charge in [0, 0.05) is 39.4 Å². The van der Waals surface area contributed by atoms with Gasteiger partial charge in [-0.1, -0.05) is 0 Å². The number of amides is 1. The molecule has 0 aliphatic carbocycles. The Bertz CT molecular complexity index is 279. The molecule has 17 heavy (non-hydrogen) atoms. The lowest BCUT2D eigenvalue weighted by Crippen LogP contribution is -2.60. The molecule has 0 unspecified atom stereocenters. The molecule has 1 N–H and O–H groups in total. The summed E-state index contributed by atoms with van der Waals surface area (Å²) in [5.41, 5.74) is -0.703. The van der Waals surface area contributed by atoms with Crippen LogP contribution in [0.2, 0.25) is 0 Å². The van der Waals surface area contributed by atoms with Crippen molar-refractivity contribution >= 4 is 5.91 Å². The molecular weight excluding hydrogens is 220 g/mol. The van der Waals surface area contributed by atoms with E-state index in [-0.39, 0.29) is 5.91 Å². The van der Waals surface area contributed by atoms with Crippen molar-refractivity contribution in [3.05, 3.63) is 0 Å². The lowest BCUT2D eigenvalue weighted by atomic mass is 9.99. The van der Waals surface area contributed by atoms with Crippen LogP contribution >= 0.6 is 0 Å². The maximum Gasteiger partial charge on any atom is 0.253 e. The third-order valence-corrected chi connectivity index (χ3v) is 3.72. The van der Waals surface area contributed by atoms with Gasteiger partial charge in [-0.05, 0) is 19.8 Å². The number of likely N-dealkylation sites (N-methyl/N-ethyl adjacent to an activating group) is 1. The molecule has 2 fully saturated rings. The predicted octanol–water partition coefficient (Wildman–Crippen LogP) is 0.00230. The van der Waals surface area contributed by atoms with Crippen molar-refractivity contribution in [1.29, 1.82) is 0 Å². The molecule has 2 rings (SSSR count). The summed E-state index contributed by atoms with van der Waals surface area (Å²) in [4.78, 5) is 14.2. The second-order valence-corrected chi connectivity index (χ2v) is 4.97. The van der Waals surface area contributed by atoms with Crippen molar-refractivity contribution in [2.75, 3.05) is 40.0 Å². The van der Waals surface area contributed by atoms with Crippen LogP contribution in [0.5, 0.6) is 0 Å². The molecule has 5 heteroatoms. The average Bonchev–Trinajstić information content (AvgIpc) is 2.39. The van der Waals surface area contributed by atoms with Gasteiger partial charge in [0.05, 0.1) is 6.61 Å². The zero-order chi connectivity index (χ0) is 12.3. The van der Waals surface area contributed by atoms with E-state index >= 15 is 0 Å². The second-order valence-electron chi connectivity index (χ2n) is 4.97. The Hall–Kier alpha value is -0.650. The van der Waals surface area contributed by atoms with Crippen LogP contribution in [0.25, 0.3) is 0 Å². The highest BCUT2D eigenvalue weighted by Gasteiger charge is 2.40. The summed E-state index contributed by atoms with van der Waals surface area (Å²) in [6, 6.07) is 0.539. The number of rotatable bonds is 2. The first-order valence-corrected chi connectivity index (χ1v) is 6.33. The van der Waals surface area contributed by atoms with Crippen molar-refractivity contribution < 1.29 is 14.3 Å². The smallest absolute Gasteiger partial charge is 0.253 e. The van der Waals surface area contributed by atoms with Crippen molar-refractivity contribution in [3.8, 4) is 0 Å². The van der Waals surface area contributed by atoms with Crippen LogP contribution < -0.4 is 5.32 Å². The summed E-state index contributed by atoms with van der Waals surface area (Å²) in [6.07, 6.45) is 2.12. The first kappa shape index (κ1) is 12.8. The van der Waals surface area contributed by atoms with E-state index in [1.165, 1.54) is 0 Å². The lowest BCUT2D eigenvalue weighted by Gasteiger charge is -2.43. The summed E-state index contributed by atoms with van der Waals surface area (Å²) in [7, 11) is 1.66. The van der Waals surface area contributed by atoms with Crippen molar-refractivity contribution in [2.45, 2.75) is 31.4 Å². The number of ether oxygens (including phenoxy) is 2. The molecule has 0 spiro atoms. The van der Waals surface area contributed by atoms with E-state index in [9.17, 15) is 4.79 Å². The topological polar surface area (TPSA) is 50.8 Å². The molecule has 2 aliphatic rings. The van der Waals surface area contributed by atoms with Gasteiger partial charge in [0.25, 0.3) is 5.91 Å². The fourth-order valence-corrected chi connectivity index (χ4v) is 2.66. The van der Waals surface area contributed by atoms with Crippen LogP contribution in [0, 0.1) is 0 Å². The Balaban J connectivity index is 1.98. The number of morpholine rings is 1. The SMILES string of the molecule is CNC(=O)[C@@]1(C)CN(C2CCOCC2)CCO1. The quantitative estimate of drug-likeness (QED) is 0.740. The summed E-state index contributed by atoms with van der Waals surface area (Å²) < 4.78 is 11.0. The Morgan fingerprint density at radius 1 is 1.35 bits per heavy atom. The largest absolute Gasteiger partial charge is 0.381 e. The minimum absolute atomic E-state index is 0.0331. The number of nitrogens with one attached hydrogen (secondary N) is 1. The second kappa shape index (κ2) is 5.33. The van der Waals surface area contributed by atoms with E-state index < -0.39 is 5.60 Å². The van der Waals surface area contributed by atoms with E-state index in [1.54, 1.807) is 7.05 Å². The van der Waals surface area contributed by atoms with Gasteiger partial charge in [0.1, 0.15) is 0 Å². The fourth-order valence-electron chi connectivity index (χ4n) is 2.66. The minimum atomic E-state index is -0.703. The Morgan fingerprint density at radius 2 is 2.06 bits per heavy atom. The molecule has 0 bridgehead atoms. The standard InChI is InChI=1S/C12H22N2O3/c1-12(11(15)13-2)9-14(5-8-17-12)10-3-6-16-7-4-10/h10H,3-9H2,1-2H3,(H,13,15)/t12-/m1/s1. The van der Waals surface area contributed by atoms with Gasteiger partial charge in [-0.15, -0.1) is 0 Å². The number of hydrogen-bond donors (Lipinski definition) is 1. The van der Waals surface area contributed by atoms with Crippen molar-refractivity contribution in [2.24, 2.45) is 0 Å². The maximum absolute atomic E-state index is 11.8. The summed E-state index contributed by atoms with van der Waals surface area (Å²) >= 11 is 0. The van der Waals surface area contributed by atoms with Gasteiger partial charge in [-0.25, -0.2) is 0 Å². The van der Waals surface area contributed by atoms with E-state index in [4.69, 9.17) is 9.47 Å². The van der Waals surface area contributed by atoms with E-state index in [1.807, 2.05) is 6.92 Å². The molecule has 2 saturated heterocycles. The molecule has 1 atom stereocenters. The molecular formula is C12H22N2O3. The van der Waals surface area contributed by atoms with Crippen LogP contribution in [0.3, 0.4) is 0 Å². The zero-order valence-corrected chi connectivity index (χ0v) is 10.7. The van der Waals surface area contributed by atoms with Crippen LogP contribution in [0.4, 0.5) is 0 Å². The van der Waals surface area contributed by atoms with Crippen LogP contribution in [0.1, 0.15) is 19.8 Å². The highest BCUT2D eigenvalue weighted by atomic mass is 16.5. The number of carbonyl (C=O) groups excluding carboxylic acids is 1. The molecule has 5 nitrogen and oxygen atoms in total. The lowest BCUT2D eigenvalue weighted by molar-refractivity contribution is -0.160. The molecule has 0 radical (unpaired) electrons. The van der Waals surface area contributed by atoms with Crippen molar-refractivity contribution in [1.82, 2.24) is 10.2 Å². The monoisotopic (exact) mass is 242 g/mol. The van der Waals surface area contributed by atoms with E-state index in [0.29, 0.717) is 19.2 Å². The summed E-state index contributed by atoms with van der Waals surface area (Å²) in [5, 5.41) is 2.68. The molecule has 98 valence electrons. The van der Waals surface area contributed by atoms with Gasteiger partial charge in [0.2, 0.25) is 0 Å². The average molecular weight is 242 g/mol. The first-order valence-electron chi connectivity index (χ1n) is 6.33. The van der Waals surface area contributed by atoms with Crippen LogP contribution in [-0.4, -0.2) is 62.4 Å². The highest BCUT2D eigenvalue weighted by Crippen LogP contribution is 2.23. The van der Waals surface area contributed by atoms with Crippen molar-refractivity contribution in [3.63, 3.8) is 0 Å². The highest BCUT2D eigenvalue weighted by molar-refractivity contribution is 5.84. The third kappa shape index (κ3) is 2.78. The van der Waals surface area contributed by atoms with E-state index in [2.05, 4.69) is 10.2 Å². The number of carbonyl (C=O) groups is 1. The Kier molecular flexibility index (Phi) is 4.01. The first-order chi connectivity index (χ1) is 8.15. The molecule has 0 aromatic heterocycles. The minimum Gasteiger partial charge on any atom is -0.381 e. The maximum atomic E-state index is 11.8. The number of nitrogens with zero attached hydrogens (tertiary/aromatic N) is 1. The fraction of sp³-hybridized carbons (Fsp3) is 0.917. The summed E-state index contributed by atoms with van der Waals surface area (Å²) in [5.74, 6) is -0.0331. The van der Waals surface area contributed by atoms with Gasteiger partial charge < -0.3 is 14.8 Å². The normalized spacial score (nSPS) is 32.4. The van der Waals surface area contributed by atoms with Crippen LogP contribution in [-0.2, 0) is 14.3 Å². The molecule has 2 heterocycles. The molecule has 0 aromatic carbocycles.